The van der Waals surface area contributed by atoms with Crippen molar-refractivity contribution in [1.29, 1.82) is 0 Å². The van der Waals surface area contributed by atoms with Gasteiger partial charge in [0.25, 0.3) is 0 Å². The predicted octanol–water partition coefficient (Wildman–Crippen LogP) is 0.922. The molecule has 0 unspecified atom stereocenters. The van der Waals surface area contributed by atoms with Gasteiger partial charge in [0, 0.05) is 21.0 Å². The smallest absolute Gasteiger partial charge is 0.410 e. The van der Waals surface area contributed by atoms with Crippen LogP contribution < -0.4 is 0 Å². The Morgan fingerprint density at radius 2 is 2.00 bits per heavy atom. The third-order valence-corrected chi connectivity index (χ3v) is 1.45. The molecule has 0 aromatic carbocycles. The zero-order chi connectivity index (χ0) is 8.85. The fourth-order valence-corrected chi connectivity index (χ4v) is 0.618. The molecule has 5 heteroatoms. The molecule has 1 amide bonds. The standard InChI is InChI=1S/C6H11NO3S/c1-5(8)11-4-10-6(9)7(2)3/h4H2,1-3H3. The number of nitrogens with zero attached hydrogens (tertiary/aromatic N) is 1. The zero-order valence-electron chi connectivity index (χ0n) is 6.79. The summed E-state index contributed by atoms with van der Waals surface area (Å²) < 4.78 is 4.64. The predicted molar refractivity (Wildman–Crippen MR) is 43.3 cm³/mol. The molecule has 0 aliphatic rings. The van der Waals surface area contributed by atoms with E-state index >= 15 is 0 Å². The van der Waals surface area contributed by atoms with E-state index < -0.39 is 6.09 Å². The van der Waals surface area contributed by atoms with Gasteiger partial charge in [-0.05, 0) is 11.8 Å². The molecule has 0 radical (unpaired) electrons. The van der Waals surface area contributed by atoms with E-state index in [2.05, 4.69) is 4.74 Å². The van der Waals surface area contributed by atoms with Crippen LogP contribution in [0.15, 0.2) is 0 Å². The first-order valence-electron chi connectivity index (χ1n) is 3.01. The van der Waals surface area contributed by atoms with Gasteiger partial charge in [-0.25, -0.2) is 4.79 Å². The number of carbonyl (C=O) groups excluding carboxylic acids is 2. The lowest BCUT2D eigenvalue weighted by Crippen LogP contribution is -2.22. The van der Waals surface area contributed by atoms with Gasteiger partial charge in [0.05, 0.1) is 0 Å². The minimum atomic E-state index is -0.432. The summed E-state index contributed by atoms with van der Waals surface area (Å²) in [6, 6.07) is 0. The summed E-state index contributed by atoms with van der Waals surface area (Å²) in [7, 11) is 3.17. The summed E-state index contributed by atoms with van der Waals surface area (Å²) in [5.41, 5.74) is 0. The highest BCUT2D eigenvalue weighted by atomic mass is 32.2. The van der Waals surface area contributed by atoms with Crippen molar-refractivity contribution in [2.45, 2.75) is 6.92 Å². The number of thioether (sulfide) groups is 1. The molecule has 11 heavy (non-hydrogen) atoms. The van der Waals surface area contributed by atoms with Gasteiger partial charge >= 0.3 is 6.09 Å². The lowest BCUT2D eigenvalue weighted by molar-refractivity contribution is -0.109. The maximum Gasteiger partial charge on any atom is 0.410 e. The second kappa shape index (κ2) is 5.01. The summed E-state index contributed by atoms with van der Waals surface area (Å²) >= 11 is 0.968. The minimum absolute atomic E-state index is 0.0587. The van der Waals surface area contributed by atoms with E-state index in [1.165, 1.54) is 11.8 Å². The monoisotopic (exact) mass is 177 g/mol. The SMILES string of the molecule is CC(=O)SCOC(=O)N(C)C. The molecule has 0 bridgehead atoms. The maximum absolute atomic E-state index is 10.7. The first-order chi connectivity index (χ1) is 5.04. The zero-order valence-corrected chi connectivity index (χ0v) is 7.60. The van der Waals surface area contributed by atoms with Crippen LogP contribution >= 0.6 is 11.8 Å². The van der Waals surface area contributed by atoms with E-state index in [0.29, 0.717) is 0 Å². The lowest BCUT2D eigenvalue weighted by Gasteiger charge is -2.09. The minimum Gasteiger partial charge on any atom is -0.438 e. The van der Waals surface area contributed by atoms with E-state index in [4.69, 9.17) is 0 Å². The molecular formula is C6H11NO3S. The lowest BCUT2D eigenvalue weighted by atomic mass is 10.9. The number of amides is 1. The Hall–Kier alpha value is -0.710. The molecule has 0 atom stereocenters. The average molecular weight is 177 g/mol. The van der Waals surface area contributed by atoms with Crippen LogP contribution in [0, 0.1) is 0 Å². The van der Waals surface area contributed by atoms with Crippen molar-refractivity contribution >= 4 is 23.0 Å². The fraction of sp³-hybridized carbons (Fsp3) is 0.667. The summed E-state index contributed by atoms with van der Waals surface area (Å²) in [5.74, 6) is 0.0896. The maximum atomic E-state index is 10.7. The molecule has 0 heterocycles. The van der Waals surface area contributed by atoms with E-state index in [1.807, 2.05) is 0 Å². The van der Waals surface area contributed by atoms with Crippen LogP contribution in [0.2, 0.25) is 0 Å². The van der Waals surface area contributed by atoms with Crippen molar-refractivity contribution in [3.05, 3.63) is 0 Å². The molecule has 64 valence electrons. The van der Waals surface area contributed by atoms with Gasteiger partial charge in [-0.2, -0.15) is 0 Å². The van der Waals surface area contributed by atoms with Gasteiger partial charge in [-0.3, -0.25) is 4.79 Å². The molecule has 0 N–H and O–H groups in total. The topological polar surface area (TPSA) is 46.6 Å². The molecular weight excluding hydrogens is 166 g/mol. The molecule has 0 saturated carbocycles. The molecule has 0 aromatic rings. The summed E-state index contributed by atoms with van der Waals surface area (Å²) in [6.07, 6.45) is -0.432. The molecule has 0 aliphatic carbocycles. The number of rotatable bonds is 2. The Balaban J connectivity index is 3.39. The van der Waals surface area contributed by atoms with Crippen molar-refractivity contribution in [3.63, 3.8) is 0 Å². The molecule has 4 nitrogen and oxygen atoms in total. The van der Waals surface area contributed by atoms with Crippen molar-refractivity contribution in [2.75, 3.05) is 20.0 Å². The fourth-order valence-electron chi connectivity index (χ4n) is 0.292. The summed E-state index contributed by atoms with van der Waals surface area (Å²) in [4.78, 5) is 22.4. The molecule has 0 rings (SSSR count). The van der Waals surface area contributed by atoms with Gasteiger partial charge in [0.1, 0.15) is 5.94 Å². The molecule has 0 aromatic heterocycles. The van der Waals surface area contributed by atoms with E-state index in [0.717, 1.165) is 11.8 Å². The Morgan fingerprint density at radius 1 is 1.45 bits per heavy atom. The van der Waals surface area contributed by atoms with Crippen LogP contribution in [-0.2, 0) is 9.53 Å². The van der Waals surface area contributed by atoms with Gasteiger partial charge < -0.3 is 9.64 Å². The van der Waals surface area contributed by atoms with Crippen molar-refractivity contribution in [3.8, 4) is 0 Å². The van der Waals surface area contributed by atoms with Crippen LogP contribution in [0.3, 0.4) is 0 Å². The van der Waals surface area contributed by atoms with Crippen LogP contribution in [0.25, 0.3) is 0 Å². The highest BCUT2D eigenvalue weighted by Crippen LogP contribution is 2.01. The Kier molecular flexibility index (Phi) is 4.69. The van der Waals surface area contributed by atoms with Crippen LogP contribution in [0.4, 0.5) is 4.79 Å². The number of ether oxygens (including phenoxy) is 1. The third kappa shape index (κ3) is 5.72. The first kappa shape index (κ1) is 10.3. The molecule has 0 fully saturated rings. The highest BCUT2D eigenvalue weighted by Gasteiger charge is 2.04. The number of hydrogen-bond acceptors (Lipinski definition) is 4. The van der Waals surface area contributed by atoms with Crippen LogP contribution in [0.1, 0.15) is 6.92 Å². The molecule has 0 saturated heterocycles. The van der Waals surface area contributed by atoms with E-state index in [9.17, 15) is 9.59 Å². The van der Waals surface area contributed by atoms with Crippen LogP contribution in [-0.4, -0.2) is 36.1 Å². The Bertz CT molecular complexity index is 158. The van der Waals surface area contributed by atoms with Gasteiger partial charge in [-0.15, -0.1) is 0 Å². The van der Waals surface area contributed by atoms with Gasteiger partial charge in [0.2, 0.25) is 0 Å². The van der Waals surface area contributed by atoms with Crippen molar-refractivity contribution in [1.82, 2.24) is 4.90 Å². The van der Waals surface area contributed by atoms with Gasteiger partial charge in [0.15, 0.2) is 5.12 Å². The highest BCUT2D eigenvalue weighted by molar-refractivity contribution is 8.13. The normalized spacial score (nSPS) is 9.00. The number of hydrogen-bond donors (Lipinski definition) is 0. The first-order valence-corrected chi connectivity index (χ1v) is 4.00. The Morgan fingerprint density at radius 3 is 2.36 bits per heavy atom. The van der Waals surface area contributed by atoms with Crippen molar-refractivity contribution < 1.29 is 14.3 Å². The second-order valence-corrected chi connectivity index (χ2v) is 3.16. The van der Waals surface area contributed by atoms with Gasteiger partial charge in [-0.1, -0.05) is 0 Å². The van der Waals surface area contributed by atoms with Crippen LogP contribution in [0.5, 0.6) is 0 Å². The number of carbonyl (C=O) groups is 2. The molecule has 0 spiro atoms. The Labute approximate surface area is 69.9 Å². The van der Waals surface area contributed by atoms with Crippen molar-refractivity contribution in [2.24, 2.45) is 0 Å². The molecule has 0 aliphatic heterocycles. The average Bonchev–Trinajstić information content (AvgIpc) is 1.86. The second-order valence-electron chi connectivity index (χ2n) is 2.06. The third-order valence-electron chi connectivity index (χ3n) is 0.810. The van der Waals surface area contributed by atoms with E-state index in [-0.39, 0.29) is 11.1 Å². The largest absolute Gasteiger partial charge is 0.438 e. The summed E-state index contributed by atoms with van der Waals surface area (Å²) in [5, 5.41) is -0.0587. The van der Waals surface area contributed by atoms with E-state index in [1.54, 1.807) is 14.1 Å². The summed E-state index contributed by atoms with van der Waals surface area (Å²) in [6.45, 7) is 1.42. The quantitative estimate of drug-likeness (QED) is 0.588.